The molecular weight excluding hydrogens is 236 g/mol. The number of fused-ring (bicyclic) bond motifs is 1. The Kier molecular flexibility index (Phi) is 4.16. The molecule has 1 atom stereocenters. The number of nitrogens with zero attached hydrogens (tertiary/aromatic N) is 1. The van der Waals surface area contributed by atoms with E-state index in [2.05, 4.69) is 35.3 Å². The van der Waals surface area contributed by atoms with E-state index in [0.717, 1.165) is 39.4 Å². The zero-order valence-electron chi connectivity index (χ0n) is 11.8. The Hall–Kier alpha value is -0.900. The van der Waals surface area contributed by atoms with Gasteiger partial charge in [0.1, 0.15) is 0 Å². The second kappa shape index (κ2) is 6.04. The molecule has 1 fully saturated rings. The van der Waals surface area contributed by atoms with Gasteiger partial charge in [-0.15, -0.1) is 0 Å². The van der Waals surface area contributed by atoms with Crippen LogP contribution in [0, 0.1) is 0 Å². The van der Waals surface area contributed by atoms with E-state index >= 15 is 0 Å². The van der Waals surface area contributed by atoms with Gasteiger partial charge in [0.2, 0.25) is 0 Å². The first-order chi connectivity index (χ1) is 9.38. The highest BCUT2D eigenvalue weighted by Crippen LogP contribution is 2.22. The number of ether oxygens (including phenoxy) is 1. The number of hydrogen-bond acceptors (Lipinski definition) is 3. The van der Waals surface area contributed by atoms with E-state index in [9.17, 15) is 0 Å². The van der Waals surface area contributed by atoms with Crippen LogP contribution in [0.15, 0.2) is 18.2 Å². The number of hydrogen-bond donors (Lipinski definition) is 1. The molecule has 2 heterocycles. The van der Waals surface area contributed by atoms with Crippen LogP contribution < -0.4 is 5.32 Å². The van der Waals surface area contributed by atoms with Crippen molar-refractivity contribution in [3.63, 3.8) is 0 Å². The first-order valence-corrected chi connectivity index (χ1v) is 7.50. The van der Waals surface area contributed by atoms with Crippen LogP contribution in [-0.2, 0) is 24.2 Å². The number of benzene rings is 1. The van der Waals surface area contributed by atoms with E-state index in [1.807, 2.05) is 0 Å². The summed E-state index contributed by atoms with van der Waals surface area (Å²) in [5.74, 6) is 0. The summed E-state index contributed by atoms with van der Waals surface area (Å²) in [5.41, 5.74) is 4.60. The molecule has 0 spiro atoms. The fourth-order valence-electron chi connectivity index (χ4n) is 3.25. The van der Waals surface area contributed by atoms with Crippen LogP contribution in [0.1, 0.15) is 30.0 Å². The fourth-order valence-corrected chi connectivity index (χ4v) is 3.25. The minimum atomic E-state index is 0.589. The minimum absolute atomic E-state index is 0.589. The molecule has 1 N–H and O–H groups in total. The maximum atomic E-state index is 5.60. The largest absolute Gasteiger partial charge is 0.378 e. The topological polar surface area (TPSA) is 24.5 Å². The standard InChI is InChI=1S/C16H24N2O/c1-2-15-12-19-9-8-18(15)11-14-5-3-4-13-10-17-7-6-16(13)14/h3-5,15,17H,2,6-12H2,1H3. The van der Waals surface area contributed by atoms with Crippen LogP contribution in [0.25, 0.3) is 0 Å². The predicted octanol–water partition coefficient (Wildman–Crippen LogP) is 1.94. The summed E-state index contributed by atoms with van der Waals surface area (Å²) in [5, 5.41) is 3.46. The molecule has 0 bridgehead atoms. The van der Waals surface area contributed by atoms with Crippen molar-refractivity contribution in [3.05, 3.63) is 34.9 Å². The molecule has 3 nitrogen and oxygen atoms in total. The Labute approximate surface area is 115 Å². The van der Waals surface area contributed by atoms with Crippen molar-refractivity contribution in [2.24, 2.45) is 0 Å². The van der Waals surface area contributed by atoms with Gasteiger partial charge in [0.05, 0.1) is 13.2 Å². The Morgan fingerprint density at radius 2 is 2.37 bits per heavy atom. The van der Waals surface area contributed by atoms with E-state index in [-0.39, 0.29) is 0 Å². The Bertz CT molecular complexity index is 433. The van der Waals surface area contributed by atoms with Crippen molar-refractivity contribution in [1.82, 2.24) is 10.2 Å². The smallest absolute Gasteiger partial charge is 0.0622 e. The molecule has 104 valence electrons. The molecule has 1 unspecified atom stereocenters. The lowest BCUT2D eigenvalue weighted by molar-refractivity contribution is -0.0128. The van der Waals surface area contributed by atoms with Gasteiger partial charge in [-0.25, -0.2) is 0 Å². The second-order valence-electron chi connectivity index (χ2n) is 5.59. The first kappa shape index (κ1) is 13.1. The molecule has 1 aromatic carbocycles. The molecule has 1 saturated heterocycles. The number of morpholine rings is 1. The summed E-state index contributed by atoms with van der Waals surface area (Å²) in [6.45, 7) is 8.34. The van der Waals surface area contributed by atoms with Gasteiger partial charge in [-0.3, -0.25) is 4.90 Å². The normalized spacial score (nSPS) is 24.2. The van der Waals surface area contributed by atoms with Crippen molar-refractivity contribution in [3.8, 4) is 0 Å². The maximum absolute atomic E-state index is 5.60. The van der Waals surface area contributed by atoms with Crippen molar-refractivity contribution in [2.75, 3.05) is 26.3 Å². The number of rotatable bonds is 3. The van der Waals surface area contributed by atoms with Crippen molar-refractivity contribution in [2.45, 2.75) is 38.9 Å². The molecule has 0 amide bonds. The monoisotopic (exact) mass is 260 g/mol. The van der Waals surface area contributed by atoms with E-state index in [4.69, 9.17) is 4.74 Å². The van der Waals surface area contributed by atoms with Gasteiger partial charge < -0.3 is 10.1 Å². The third-order valence-electron chi connectivity index (χ3n) is 4.43. The van der Waals surface area contributed by atoms with Crippen molar-refractivity contribution >= 4 is 0 Å². The van der Waals surface area contributed by atoms with Crippen molar-refractivity contribution in [1.29, 1.82) is 0 Å². The lowest BCUT2D eigenvalue weighted by Gasteiger charge is -2.36. The molecule has 0 aliphatic carbocycles. The Morgan fingerprint density at radius 3 is 3.26 bits per heavy atom. The fraction of sp³-hybridized carbons (Fsp3) is 0.625. The van der Waals surface area contributed by atoms with Crippen LogP contribution in [-0.4, -0.2) is 37.2 Å². The summed E-state index contributed by atoms with van der Waals surface area (Å²) in [7, 11) is 0. The molecule has 0 saturated carbocycles. The molecule has 3 rings (SSSR count). The lowest BCUT2D eigenvalue weighted by Crippen LogP contribution is -2.44. The molecule has 0 aromatic heterocycles. The van der Waals surface area contributed by atoms with Gasteiger partial charge in [-0.2, -0.15) is 0 Å². The van der Waals surface area contributed by atoms with Crippen LogP contribution >= 0.6 is 0 Å². The zero-order chi connectivity index (χ0) is 13.1. The van der Waals surface area contributed by atoms with Crippen LogP contribution in [0.2, 0.25) is 0 Å². The third-order valence-corrected chi connectivity index (χ3v) is 4.43. The van der Waals surface area contributed by atoms with Gasteiger partial charge in [-0.1, -0.05) is 25.1 Å². The van der Waals surface area contributed by atoms with Crippen LogP contribution in [0.5, 0.6) is 0 Å². The predicted molar refractivity (Wildman–Crippen MR) is 77.2 cm³/mol. The Morgan fingerprint density at radius 1 is 1.42 bits per heavy atom. The minimum Gasteiger partial charge on any atom is -0.378 e. The quantitative estimate of drug-likeness (QED) is 0.899. The van der Waals surface area contributed by atoms with E-state index in [0.29, 0.717) is 6.04 Å². The average molecular weight is 260 g/mol. The summed E-state index contributed by atoms with van der Waals surface area (Å²) in [4.78, 5) is 2.60. The zero-order valence-corrected chi connectivity index (χ0v) is 11.8. The second-order valence-corrected chi connectivity index (χ2v) is 5.59. The molecule has 1 aromatic rings. The summed E-state index contributed by atoms with van der Waals surface area (Å²) in [6, 6.07) is 7.38. The Balaban J connectivity index is 1.78. The highest BCUT2D eigenvalue weighted by atomic mass is 16.5. The van der Waals surface area contributed by atoms with Gasteiger partial charge in [0.25, 0.3) is 0 Å². The van der Waals surface area contributed by atoms with Gasteiger partial charge in [-0.05, 0) is 36.1 Å². The summed E-state index contributed by atoms with van der Waals surface area (Å²) in [6.07, 6.45) is 2.35. The highest BCUT2D eigenvalue weighted by Gasteiger charge is 2.23. The van der Waals surface area contributed by atoms with E-state index in [1.54, 1.807) is 5.56 Å². The summed E-state index contributed by atoms with van der Waals surface area (Å²) >= 11 is 0. The summed E-state index contributed by atoms with van der Waals surface area (Å²) < 4.78 is 5.60. The van der Waals surface area contributed by atoms with Crippen LogP contribution in [0.3, 0.4) is 0 Å². The van der Waals surface area contributed by atoms with Crippen LogP contribution in [0.4, 0.5) is 0 Å². The molecule has 19 heavy (non-hydrogen) atoms. The average Bonchev–Trinajstić information content (AvgIpc) is 2.48. The van der Waals surface area contributed by atoms with Gasteiger partial charge >= 0.3 is 0 Å². The van der Waals surface area contributed by atoms with Gasteiger partial charge in [0.15, 0.2) is 0 Å². The van der Waals surface area contributed by atoms with E-state index < -0.39 is 0 Å². The first-order valence-electron chi connectivity index (χ1n) is 7.50. The number of nitrogens with one attached hydrogen (secondary N) is 1. The molecular formula is C16H24N2O. The molecule has 0 radical (unpaired) electrons. The maximum Gasteiger partial charge on any atom is 0.0622 e. The highest BCUT2D eigenvalue weighted by molar-refractivity contribution is 5.37. The lowest BCUT2D eigenvalue weighted by atomic mass is 9.95. The molecule has 2 aliphatic rings. The van der Waals surface area contributed by atoms with Crippen molar-refractivity contribution < 1.29 is 4.74 Å². The van der Waals surface area contributed by atoms with E-state index in [1.165, 1.54) is 24.0 Å². The van der Waals surface area contributed by atoms with Gasteiger partial charge in [0, 0.05) is 25.7 Å². The third kappa shape index (κ3) is 2.83. The molecule has 2 aliphatic heterocycles. The molecule has 3 heteroatoms. The SMILES string of the molecule is CCC1COCCN1Cc1cccc2c1CCNC2.